The van der Waals surface area contributed by atoms with Crippen LogP contribution in [0, 0.1) is 15.9 Å². The van der Waals surface area contributed by atoms with Crippen molar-refractivity contribution in [1.82, 2.24) is 4.31 Å². The second-order valence-electron chi connectivity index (χ2n) is 6.39. The summed E-state index contributed by atoms with van der Waals surface area (Å²) in [6.07, 6.45) is 0. The molecule has 0 aromatic heterocycles. The lowest BCUT2D eigenvalue weighted by molar-refractivity contribution is -0.385. The van der Waals surface area contributed by atoms with E-state index in [-0.39, 0.29) is 36.0 Å². The predicted octanol–water partition coefficient (Wildman–Crippen LogP) is 3.18. The van der Waals surface area contributed by atoms with Crippen molar-refractivity contribution in [3.8, 4) is 11.5 Å². The van der Waals surface area contributed by atoms with E-state index in [2.05, 4.69) is 5.32 Å². The molecule has 12 heteroatoms. The number of anilines is 1. The number of amides is 1. The van der Waals surface area contributed by atoms with Gasteiger partial charge in [-0.15, -0.1) is 0 Å². The standard InChI is InChI=1S/C20H24FN3O7S/c1-4-23(5-2)32(28,29)19-12-15(8-10-17(19)30-6-3)22-20(25)13-31-18-11-14(21)7-9-16(18)24(26)27/h7-12H,4-6,13H2,1-3H3,(H,22,25). The Hall–Kier alpha value is -3.25. The predicted molar refractivity (Wildman–Crippen MR) is 115 cm³/mol. The van der Waals surface area contributed by atoms with Crippen LogP contribution >= 0.6 is 0 Å². The number of halogens is 1. The van der Waals surface area contributed by atoms with Crippen molar-refractivity contribution in [2.24, 2.45) is 0 Å². The fraction of sp³-hybridized carbons (Fsp3) is 0.350. The number of sulfonamides is 1. The van der Waals surface area contributed by atoms with Crippen molar-refractivity contribution in [3.63, 3.8) is 0 Å². The van der Waals surface area contributed by atoms with E-state index in [1.54, 1.807) is 20.8 Å². The van der Waals surface area contributed by atoms with Gasteiger partial charge in [0.2, 0.25) is 15.8 Å². The van der Waals surface area contributed by atoms with Crippen LogP contribution in [-0.2, 0) is 14.8 Å². The zero-order valence-electron chi connectivity index (χ0n) is 17.8. The normalized spacial score (nSPS) is 11.3. The van der Waals surface area contributed by atoms with E-state index in [0.29, 0.717) is 0 Å². The lowest BCUT2D eigenvalue weighted by Crippen LogP contribution is -2.31. The Labute approximate surface area is 185 Å². The van der Waals surface area contributed by atoms with E-state index in [1.807, 2.05) is 0 Å². The first-order valence-electron chi connectivity index (χ1n) is 9.77. The second-order valence-corrected chi connectivity index (χ2v) is 8.30. The molecule has 0 saturated heterocycles. The number of ether oxygens (including phenoxy) is 2. The van der Waals surface area contributed by atoms with Crippen molar-refractivity contribution in [2.45, 2.75) is 25.7 Å². The average Bonchev–Trinajstić information content (AvgIpc) is 2.74. The van der Waals surface area contributed by atoms with Gasteiger partial charge in [-0.3, -0.25) is 14.9 Å². The molecule has 2 aromatic carbocycles. The van der Waals surface area contributed by atoms with Gasteiger partial charge in [-0.25, -0.2) is 12.8 Å². The summed E-state index contributed by atoms with van der Waals surface area (Å²) in [4.78, 5) is 22.4. The number of benzene rings is 2. The summed E-state index contributed by atoms with van der Waals surface area (Å²) in [5.41, 5.74) is -0.339. The number of hydrogen-bond acceptors (Lipinski definition) is 7. The summed E-state index contributed by atoms with van der Waals surface area (Å²) < 4.78 is 51.1. The molecule has 0 unspecified atom stereocenters. The van der Waals surface area contributed by atoms with Crippen LogP contribution in [0.25, 0.3) is 0 Å². The quantitative estimate of drug-likeness (QED) is 0.395. The molecule has 0 heterocycles. The molecule has 10 nitrogen and oxygen atoms in total. The fourth-order valence-electron chi connectivity index (χ4n) is 2.86. The van der Waals surface area contributed by atoms with Crippen LogP contribution in [0.1, 0.15) is 20.8 Å². The first-order chi connectivity index (χ1) is 15.1. The molecule has 0 atom stereocenters. The highest BCUT2D eigenvalue weighted by Crippen LogP contribution is 2.30. The van der Waals surface area contributed by atoms with Crippen LogP contribution in [0.3, 0.4) is 0 Å². The van der Waals surface area contributed by atoms with Gasteiger partial charge in [-0.1, -0.05) is 13.8 Å². The van der Waals surface area contributed by atoms with Crippen molar-refractivity contribution in [1.29, 1.82) is 0 Å². The minimum absolute atomic E-state index is 0.109. The van der Waals surface area contributed by atoms with Gasteiger partial charge in [0.25, 0.3) is 5.91 Å². The molecule has 2 aromatic rings. The number of nitrogens with one attached hydrogen (secondary N) is 1. The van der Waals surface area contributed by atoms with E-state index >= 15 is 0 Å². The molecule has 174 valence electrons. The highest BCUT2D eigenvalue weighted by atomic mass is 32.2. The maximum Gasteiger partial charge on any atom is 0.311 e. The molecule has 2 rings (SSSR count). The molecule has 0 aliphatic carbocycles. The maximum absolute atomic E-state index is 13.4. The zero-order valence-corrected chi connectivity index (χ0v) is 18.6. The Morgan fingerprint density at radius 1 is 1.09 bits per heavy atom. The monoisotopic (exact) mass is 469 g/mol. The number of rotatable bonds is 11. The third kappa shape index (κ3) is 5.92. The smallest absolute Gasteiger partial charge is 0.311 e. The van der Waals surface area contributed by atoms with Crippen molar-refractivity contribution >= 4 is 27.3 Å². The van der Waals surface area contributed by atoms with Crippen LogP contribution in [0.5, 0.6) is 11.5 Å². The summed E-state index contributed by atoms with van der Waals surface area (Å²) in [7, 11) is -3.88. The van der Waals surface area contributed by atoms with Gasteiger partial charge in [-0.2, -0.15) is 4.31 Å². The van der Waals surface area contributed by atoms with E-state index in [9.17, 15) is 27.7 Å². The van der Waals surface area contributed by atoms with Gasteiger partial charge >= 0.3 is 5.69 Å². The molecule has 0 saturated carbocycles. The van der Waals surface area contributed by atoms with E-state index in [0.717, 1.165) is 18.2 Å². The van der Waals surface area contributed by atoms with Crippen molar-refractivity contribution in [3.05, 3.63) is 52.3 Å². The van der Waals surface area contributed by atoms with E-state index in [4.69, 9.17) is 9.47 Å². The van der Waals surface area contributed by atoms with Gasteiger partial charge in [0.05, 0.1) is 11.5 Å². The van der Waals surface area contributed by atoms with Crippen LogP contribution in [-0.4, -0.2) is 49.9 Å². The van der Waals surface area contributed by atoms with Gasteiger partial charge in [0.15, 0.2) is 6.61 Å². The number of nitro groups is 1. The van der Waals surface area contributed by atoms with E-state index < -0.39 is 44.7 Å². The largest absolute Gasteiger partial charge is 0.492 e. The number of nitro benzene ring substituents is 1. The SMILES string of the molecule is CCOc1ccc(NC(=O)COc2cc(F)ccc2[N+](=O)[O-])cc1S(=O)(=O)N(CC)CC. The van der Waals surface area contributed by atoms with Gasteiger partial charge in [0, 0.05) is 30.9 Å². The molecule has 0 bridgehead atoms. The molecule has 0 radical (unpaired) electrons. The Balaban J connectivity index is 2.24. The van der Waals surface area contributed by atoms with Gasteiger partial charge in [0.1, 0.15) is 16.5 Å². The first kappa shape index (κ1) is 25.0. The van der Waals surface area contributed by atoms with Crippen LogP contribution in [0.15, 0.2) is 41.3 Å². The van der Waals surface area contributed by atoms with Crippen LogP contribution in [0.4, 0.5) is 15.8 Å². The summed E-state index contributed by atoms with van der Waals surface area (Å²) in [6, 6.07) is 6.78. The summed E-state index contributed by atoms with van der Waals surface area (Å²) >= 11 is 0. The minimum Gasteiger partial charge on any atom is -0.492 e. The number of carbonyl (C=O) groups is 1. The third-order valence-corrected chi connectivity index (χ3v) is 6.40. The highest BCUT2D eigenvalue weighted by molar-refractivity contribution is 7.89. The molecule has 0 fully saturated rings. The summed E-state index contributed by atoms with van der Waals surface area (Å²) in [5, 5.41) is 13.5. The lowest BCUT2D eigenvalue weighted by atomic mass is 10.3. The molecule has 0 aliphatic rings. The zero-order chi connectivity index (χ0) is 23.9. The Kier molecular flexibility index (Phi) is 8.49. The Morgan fingerprint density at radius 3 is 2.38 bits per heavy atom. The molecular formula is C20H24FN3O7S. The number of hydrogen-bond donors (Lipinski definition) is 1. The number of nitrogens with zero attached hydrogens (tertiary/aromatic N) is 2. The van der Waals surface area contributed by atoms with Crippen molar-refractivity contribution < 1.29 is 32.0 Å². The van der Waals surface area contributed by atoms with Gasteiger partial charge < -0.3 is 14.8 Å². The second kappa shape index (κ2) is 10.9. The molecular weight excluding hydrogens is 445 g/mol. The summed E-state index contributed by atoms with van der Waals surface area (Å²) in [5.74, 6) is -1.74. The molecule has 32 heavy (non-hydrogen) atoms. The molecule has 1 amide bonds. The van der Waals surface area contributed by atoms with E-state index in [1.165, 1.54) is 22.5 Å². The average molecular weight is 469 g/mol. The molecule has 1 N–H and O–H groups in total. The Morgan fingerprint density at radius 2 is 1.78 bits per heavy atom. The summed E-state index contributed by atoms with van der Waals surface area (Å²) in [6.45, 7) is 5.21. The van der Waals surface area contributed by atoms with Crippen LogP contribution < -0.4 is 14.8 Å². The highest BCUT2D eigenvalue weighted by Gasteiger charge is 2.26. The lowest BCUT2D eigenvalue weighted by Gasteiger charge is -2.21. The molecule has 0 spiro atoms. The first-order valence-corrected chi connectivity index (χ1v) is 11.2. The third-order valence-electron chi connectivity index (χ3n) is 4.33. The van der Waals surface area contributed by atoms with Crippen molar-refractivity contribution in [2.75, 3.05) is 31.6 Å². The molecule has 0 aliphatic heterocycles. The number of carbonyl (C=O) groups excluding carboxylic acids is 1. The Bertz CT molecular complexity index is 1090. The minimum atomic E-state index is -3.88. The maximum atomic E-state index is 13.4. The van der Waals surface area contributed by atoms with Crippen LogP contribution in [0.2, 0.25) is 0 Å². The van der Waals surface area contributed by atoms with Gasteiger partial charge in [-0.05, 0) is 31.2 Å². The topological polar surface area (TPSA) is 128 Å². The fourth-order valence-corrected chi connectivity index (χ4v) is 4.47.